The number of rotatable bonds is 8. The van der Waals surface area contributed by atoms with Crippen molar-refractivity contribution in [2.24, 2.45) is 0 Å². The minimum atomic E-state index is -0.457. The Bertz CT molecular complexity index is 381. The fraction of sp³-hybridized carbons (Fsp3) is 0.562. The van der Waals surface area contributed by atoms with Crippen LogP contribution in [0.15, 0.2) is 30.3 Å². The van der Waals surface area contributed by atoms with E-state index in [0.29, 0.717) is 25.4 Å². The second kappa shape index (κ2) is 9.37. The van der Waals surface area contributed by atoms with Crippen molar-refractivity contribution in [1.29, 1.82) is 0 Å². The first kappa shape index (κ1) is 16.5. The highest BCUT2D eigenvalue weighted by Gasteiger charge is 2.11. The molecule has 2 amide bonds. The highest BCUT2D eigenvalue weighted by molar-refractivity contribution is 5.73. The summed E-state index contributed by atoms with van der Waals surface area (Å²) in [5, 5.41) is 15.1. The zero-order valence-corrected chi connectivity index (χ0v) is 12.4. The minimum Gasteiger partial charge on any atom is -0.391 e. The van der Waals surface area contributed by atoms with E-state index < -0.39 is 6.10 Å². The van der Waals surface area contributed by atoms with Crippen LogP contribution in [0.25, 0.3) is 0 Å². The van der Waals surface area contributed by atoms with Gasteiger partial charge >= 0.3 is 6.03 Å². The molecule has 4 nitrogen and oxygen atoms in total. The third kappa shape index (κ3) is 6.06. The summed E-state index contributed by atoms with van der Waals surface area (Å²) in [5.41, 5.74) is 1.24. The van der Waals surface area contributed by atoms with Crippen LogP contribution in [-0.2, 0) is 0 Å². The third-order valence-corrected chi connectivity index (χ3v) is 3.39. The molecule has 0 aliphatic heterocycles. The molecule has 0 aliphatic rings. The monoisotopic (exact) mass is 278 g/mol. The maximum Gasteiger partial charge on any atom is 0.314 e. The van der Waals surface area contributed by atoms with E-state index in [1.165, 1.54) is 5.56 Å². The summed E-state index contributed by atoms with van der Waals surface area (Å²) in [6.45, 7) is 5.04. The van der Waals surface area contributed by atoms with Crippen LogP contribution >= 0.6 is 0 Å². The van der Waals surface area contributed by atoms with Gasteiger partial charge in [-0.05, 0) is 18.4 Å². The molecular weight excluding hydrogens is 252 g/mol. The molecule has 2 atom stereocenters. The smallest absolute Gasteiger partial charge is 0.314 e. The van der Waals surface area contributed by atoms with Crippen molar-refractivity contribution in [3.63, 3.8) is 0 Å². The highest BCUT2D eigenvalue weighted by Crippen LogP contribution is 2.17. The Morgan fingerprint density at radius 2 is 1.80 bits per heavy atom. The van der Waals surface area contributed by atoms with Gasteiger partial charge in [0.05, 0.1) is 6.10 Å². The molecule has 3 N–H and O–H groups in total. The van der Waals surface area contributed by atoms with Gasteiger partial charge in [-0.25, -0.2) is 4.79 Å². The van der Waals surface area contributed by atoms with Crippen molar-refractivity contribution in [3.8, 4) is 0 Å². The predicted molar refractivity (Wildman–Crippen MR) is 81.8 cm³/mol. The SMILES string of the molecule is CCCC(O)CNC(=O)NCC(CC)c1ccccc1. The number of hydrogen-bond donors (Lipinski definition) is 3. The van der Waals surface area contributed by atoms with Crippen molar-refractivity contribution in [2.45, 2.75) is 45.1 Å². The van der Waals surface area contributed by atoms with Gasteiger partial charge < -0.3 is 15.7 Å². The van der Waals surface area contributed by atoms with E-state index in [0.717, 1.165) is 12.8 Å². The first-order valence-electron chi connectivity index (χ1n) is 7.42. The van der Waals surface area contributed by atoms with Gasteiger partial charge in [0.15, 0.2) is 0 Å². The van der Waals surface area contributed by atoms with Gasteiger partial charge in [0, 0.05) is 19.0 Å². The van der Waals surface area contributed by atoms with Crippen LogP contribution in [0.4, 0.5) is 4.79 Å². The van der Waals surface area contributed by atoms with Gasteiger partial charge in [-0.15, -0.1) is 0 Å². The number of nitrogens with one attached hydrogen (secondary N) is 2. The first-order chi connectivity index (χ1) is 9.67. The molecule has 0 bridgehead atoms. The summed E-state index contributed by atoms with van der Waals surface area (Å²) < 4.78 is 0. The van der Waals surface area contributed by atoms with E-state index in [4.69, 9.17) is 0 Å². The van der Waals surface area contributed by atoms with Gasteiger partial charge in [-0.3, -0.25) is 0 Å². The molecule has 0 fully saturated rings. The summed E-state index contributed by atoms with van der Waals surface area (Å²) in [6.07, 6.45) is 2.14. The minimum absolute atomic E-state index is 0.213. The molecule has 0 aliphatic carbocycles. The Labute approximate surface area is 121 Å². The zero-order chi connectivity index (χ0) is 14.8. The number of benzene rings is 1. The van der Waals surface area contributed by atoms with Crippen LogP contribution in [-0.4, -0.2) is 30.3 Å². The molecular formula is C16H26N2O2. The van der Waals surface area contributed by atoms with E-state index in [1.807, 2.05) is 25.1 Å². The van der Waals surface area contributed by atoms with Crippen LogP contribution < -0.4 is 10.6 Å². The average Bonchev–Trinajstić information content (AvgIpc) is 2.47. The molecule has 0 saturated carbocycles. The maximum absolute atomic E-state index is 11.7. The number of urea groups is 1. The first-order valence-corrected chi connectivity index (χ1v) is 7.42. The highest BCUT2D eigenvalue weighted by atomic mass is 16.3. The van der Waals surface area contributed by atoms with Crippen LogP contribution in [0.1, 0.15) is 44.6 Å². The molecule has 112 valence electrons. The standard InChI is InChI=1S/C16H26N2O2/c1-3-8-15(19)12-18-16(20)17-11-13(4-2)14-9-6-5-7-10-14/h5-7,9-10,13,15,19H,3-4,8,11-12H2,1-2H3,(H2,17,18,20). The Kier molecular flexibility index (Phi) is 7.73. The molecule has 2 unspecified atom stereocenters. The number of carbonyl (C=O) groups excluding carboxylic acids is 1. The molecule has 1 aromatic carbocycles. The zero-order valence-electron chi connectivity index (χ0n) is 12.4. The van der Waals surface area contributed by atoms with Crippen LogP contribution in [0, 0.1) is 0 Å². The third-order valence-electron chi connectivity index (χ3n) is 3.39. The summed E-state index contributed by atoms with van der Waals surface area (Å²) in [5.74, 6) is 0.322. The largest absolute Gasteiger partial charge is 0.391 e. The topological polar surface area (TPSA) is 61.4 Å². The Morgan fingerprint density at radius 1 is 1.15 bits per heavy atom. The van der Waals surface area contributed by atoms with Gasteiger partial charge in [0.2, 0.25) is 0 Å². The van der Waals surface area contributed by atoms with Crippen molar-refractivity contribution in [1.82, 2.24) is 10.6 Å². The molecule has 1 rings (SSSR count). The number of amides is 2. The summed E-state index contributed by atoms with van der Waals surface area (Å²) in [4.78, 5) is 11.7. The molecule has 4 heteroatoms. The lowest BCUT2D eigenvalue weighted by Crippen LogP contribution is -2.41. The van der Waals surface area contributed by atoms with Crippen molar-refractivity contribution in [2.75, 3.05) is 13.1 Å². The molecule has 0 saturated heterocycles. The number of aliphatic hydroxyl groups is 1. The molecule has 20 heavy (non-hydrogen) atoms. The van der Waals surface area contributed by atoms with Crippen LogP contribution in [0.3, 0.4) is 0 Å². The number of carbonyl (C=O) groups is 1. The van der Waals surface area contributed by atoms with Crippen LogP contribution in [0.5, 0.6) is 0 Å². The lowest BCUT2D eigenvalue weighted by Gasteiger charge is -2.17. The van der Waals surface area contributed by atoms with Crippen LogP contribution in [0.2, 0.25) is 0 Å². The Balaban J connectivity index is 2.32. The van der Waals surface area contributed by atoms with Gasteiger partial charge in [-0.1, -0.05) is 50.6 Å². The van der Waals surface area contributed by atoms with E-state index in [-0.39, 0.29) is 6.03 Å². The van der Waals surface area contributed by atoms with E-state index >= 15 is 0 Å². The normalized spacial score (nSPS) is 13.6. The molecule has 0 radical (unpaired) electrons. The molecule has 0 spiro atoms. The second-order valence-electron chi connectivity index (χ2n) is 5.05. The van der Waals surface area contributed by atoms with Crippen molar-refractivity contribution in [3.05, 3.63) is 35.9 Å². The average molecular weight is 278 g/mol. The predicted octanol–water partition coefficient (Wildman–Crippen LogP) is 2.64. The van der Waals surface area contributed by atoms with E-state index in [2.05, 4.69) is 29.7 Å². The Morgan fingerprint density at radius 3 is 2.40 bits per heavy atom. The Hall–Kier alpha value is -1.55. The summed E-state index contributed by atoms with van der Waals surface area (Å²) >= 11 is 0. The van der Waals surface area contributed by atoms with Gasteiger partial charge in [0.25, 0.3) is 0 Å². The quantitative estimate of drug-likeness (QED) is 0.684. The van der Waals surface area contributed by atoms with Crippen molar-refractivity contribution < 1.29 is 9.90 Å². The van der Waals surface area contributed by atoms with Gasteiger partial charge in [-0.2, -0.15) is 0 Å². The second-order valence-corrected chi connectivity index (χ2v) is 5.05. The fourth-order valence-electron chi connectivity index (χ4n) is 2.15. The fourth-order valence-corrected chi connectivity index (χ4v) is 2.15. The lowest BCUT2D eigenvalue weighted by atomic mass is 9.97. The number of hydrogen-bond acceptors (Lipinski definition) is 2. The summed E-state index contributed by atoms with van der Waals surface area (Å²) in [6, 6.07) is 9.97. The van der Waals surface area contributed by atoms with E-state index in [1.54, 1.807) is 0 Å². The molecule has 0 heterocycles. The lowest BCUT2D eigenvalue weighted by molar-refractivity contribution is 0.160. The summed E-state index contributed by atoms with van der Waals surface area (Å²) in [7, 11) is 0. The van der Waals surface area contributed by atoms with Crippen molar-refractivity contribution >= 4 is 6.03 Å². The van der Waals surface area contributed by atoms with E-state index in [9.17, 15) is 9.90 Å². The number of aliphatic hydroxyl groups excluding tert-OH is 1. The molecule has 0 aromatic heterocycles. The molecule has 1 aromatic rings. The van der Waals surface area contributed by atoms with Gasteiger partial charge in [0.1, 0.15) is 0 Å². The maximum atomic E-state index is 11.7.